The molecule has 0 aromatic carbocycles. The van der Waals surface area contributed by atoms with E-state index in [0.717, 1.165) is 0 Å². The van der Waals surface area contributed by atoms with Crippen LogP contribution in [0.4, 0.5) is 0 Å². The molecule has 10 heavy (non-hydrogen) atoms. The summed E-state index contributed by atoms with van der Waals surface area (Å²) in [7, 11) is 1.69. The van der Waals surface area contributed by atoms with Crippen LogP contribution in [0.15, 0.2) is 12.3 Å². The van der Waals surface area contributed by atoms with Crippen molar-refractivity contribution in [2.75, 3.05) is 13.6 Å². The van der Waals surface area contributed by atoms with Crippen LogP contribution in [0.2, 0.25) is 0 Å². The van der Waals surface area contributed by atoms with Gasteiger partial charge >= 0.3 is 0 Å². The maximum Gasteiger partial charge on any atom is 0.149 e. The van der Waals surface area contributed by atoms with E-state index in [2.05, 4.69) is 11.5 Å². The van der Waals surface area contributed by atoms with Crippen molar-refractivity contribution in [2.45, 2.75) is 13.2 Å². The number of aliphatic hydroxyl groups is 1. The van der Waals surface area contributed by atoms with Crippen molar-refractivity contribution in [3.63, 3.8) is 0 Å². The summed E-state index contributed by atoms with van der Waals surface area (Å²) in [6.45, 7) is 5.30. The van der Waals surface area contributed by atoms with Crippen LogP contribution < -0.4 is 0 Å². The number of hydrogen-bond acceptors (Lipinski definition) is 4. The average molecular weight is 147 g/mol. The van der Waals surface area contributed by atoms with Gasteiger partial charge in [-0.1, -0.05) is 6.58 Å². The normalized spacial score (nSPS) is 13.3. The van der Waals surface area contributed by atoms with Gasteiger partial charge in [0.15, 0.2) is 0 Å². The number of aliphatic hydroxyl groups excluding tert-OH is 1. The van der Waals surface area contributed by atoms with Gasteiger partial charge in [0.25, 0.3) is 0 Å². The van der Waals surface area contributed by atoms with Gasteiger partial charge < -0.3 is 9.99 Å². The van der Waals surface area contributed by atoms with Crippen LogP contribution in [0.25, 0.3) is 0 Å². The Balaban J connectivity index is 3.57. The van der Waals surface area contributed by atoms with Gasteiger partial charge in [-0.15, -0.1) is 0 Å². The molecular formula is C6H13NO3. The molecule has 1 atom stereocenters. The number of nitrogens with zero attached hydrogens (tertiary/aromatic N) is 1. The molecule has 0 bridgehead atoms. The lowest BCUT2D eigenvalue weighted by atomic mass is 10.4. The smallest absolute Gasteiger partial charge is 0.149 e. The van der Waals surface area contributed by atoms with Crippen LogP contribution >= 0.6 is 0 Å². The van der Waals surface area contributed by atoms with Crippen LogP contribution in [-0.4, -0.2) is 35.1 Å². The molecule has 0 spiro atoms. The molecule has 4 heteroatoms. The predicted octanol–water partition coefficient (Wildman–Crippen LogP) is 0.260. The Bertz CT molecular complexity index is 114. The Morgan fingerprint density at radius 3 is 2.60 bits per heavy atom. The van der Waals surface area contributed by atoms with Crippen LogP contribution in [0.1, 0.15) is 6.92 Å². The zero-order valence-corrected chi connectivity index (χ0v) is 6.24. The summed E-state index contributed by atoms with van der Waals surface area (Å²) in [6, 6.07) is 0. The minimum Gasteiger partial charge on any atom is -0.379 e. The first-order valence-corrected chi connectivity index (χ1v) is 2.95. The molecule has 0 saturated carbocycles. The predicted molar refractivity (Wildman–Crippen MR) is 37.2 cm³/mol. The highest BCUT2D eigenvalue weighted by atomic mass is 17.1. The molecule has 0 aliphatic heterocycles. The van der Waals surface area contributed by atoms with Crippen molar-refractivity contribution >= 4 is 0 Å². The van der Waals surface area contributed by atoms with E-state index >= 15 is 0 Å². The van der Waals surface area contributed by atoms with Crippen molar-refractivity contribution in [3.8, 4) is 0 Å². The van der Waals surface area contributed by atoms with Crippen LogP contribution in [0.5, 0.6) is 0 Å². The summed E-state index contributed by atoms with van der Waals surface area (Å²) in [6.07, 6.45) is -0.563. The van der Waals surface area contributed by atoms with Gasteiger partial charge in [-0.3, -0.25) is 4.90 Å². The zero-order chi connectivity index (χ0) is 8.15. The third-order valence-electron chi connectivity index (χ3n) is 1.19. The quantitative estimate of drug-likeness (QED) is 0.259. The highest BCUT2D eigenvalue weighted by molar-refractivity contribution is 4.84. The van der Waals surface area contributed by atoms with Gasteiger partial charge in [-0.2, -0.15) is 0 Å². The second-order valence-corrected chi connectivity index (χ2v) is 2.18. The van der Waals surface area contributed by atoms with Crippen molar-refractivity contribution in [1.82, 2.24) is 4.90 Å². The summed E-state index contributed by atoms with van der Waals surface area (Å²) in [5.41, 5.74) is 0. The van der Waals surface area contributed by atoms with E-state index in [1.165, 1.54) is 0 Å². The van der Waals surface area contributed by atoms with Crippen molar-refractivity contribution in [2.24, 2.45) is 0 Å². The lowest BCUT2D eigenvalue weighted by Gasteiger charge is -2.18. The van der Waals surface area contributed by atoms with Gasteiger partial charge in [0, 0.05) is 0 Å². The fraction of sp³-hybridized carbons (Fsp3) is 0.667. The average Bonchev–Trinajstić information content (AvgIpc) is 1.87. The standard InChI is InChI=1S/C6H13NO3/c1-5(10-9)4-7(3)6(2)8/h6,8-9H,1,4H2,2-3H3. The van der Waals surface area contributed by atoms with Crippen molar-refractivity contribution in [1.29, 1.82) is 0 Å². The summed E-state index contributed by atoms with van der Waals surface area (Å²) >= 11 is 0. The van der Waals surface area contributed by atoms with Gasteiger partial charge in [0.1, 0.15) is 12.0 Å². The minimum atomic E-state index is -0.563. The Morgan fingerprint density at radius 2 is 2.30 bits per heavy atom. The molecule has 0 amide bonds. The first-order valence-electron chi connectivity index (χ1n) is 2.95. The molecule has 0 saturated heterocycles. The van der Waals surface area contributed by atoms with Gasteiger partial charge in [-0.05, 0) is 14.0 Å². The van der Waals surface area contributed by atoms with E-state index in [0.29, 0.717) is 6.54 Å². The molecule has 0 radical (unpaired) electrons. The summed E-state index contributed by atoms with van der Waals surface area (Å²) in [5.74, 6) is 0.211. The number of likely N-dealkylation sites (N-methyl/N-ethyl adjacent to an activating group) is 1. The minimum absolute atomic E-state index is 0.211. The Morgan fingerprint density at radius 1 is 1.80 bits per heavy atom. The van der Waals surface area contributed by atoms with Crippen LogP contribution in [0, 0.1) is 0 Å². The molecule has 0 rings (SSSR count). The topological polar surface area (TPSA) is 52.9 Å². The Labute approximate surface area is 60.3 Å². The second-order valence-electron chi connectivity index (χ2n) is 2.18. The van der Waals surface area contributed by atoms with E-state index in [4.69, 9.17) is 10.4 Å². The third kappa shape index (κ3) is 3.45. The monoisotopic (exact) mass is 147 g/mol. The largest absolute Gasteiger partial charge is 0.379 e. The van der Waals surface area contributed by atoms with Gasteiger partial charge in [-0.25, -0.2) is 5.26 Å². The zero-order valence-electron chi connectivity index (χ0n) is 6.24. The Hall–Kier alpha value is -0.580. The number of hydrogen-bond donors (Lipinski definition) is 2. The van der Waals surface area contributed by atoms with Crippen molar-refractivity contribution < 1.29 is 15.3 Å². The van der Waals surface area contributed by atoms with E-state index in [1.54, 1.807) is 18.9 Å². The summed E-state index contributed by atoms with van der Waals surface area (Å²) in [4.78, 5) is 5.39. The first-order chi connectivity index (χ1) is 4.57. The third-order valence-corrected chi connectivity index (χ3v) is 1.19. The maximum atomic E-state index is 8.91. The van der Waals surface area contributed by atoms with E-state index in [1.807, 2.05) is 0 Å². The van der Waals surface area contributed by atoms with Crippen LogP contribution in [-0.2, 0) is 4.89 Å². The highest BCUT2D eigenvalue weighted by Gasteiger charge is 2.06. The molecule has 0 fully saturated rings. The lowest BCUT2D eigenvalue weighted by Crippen LogP contribution is -2.30. The molecule has 0 aromatic rings. The van der Waals surface area contributed by atoms with Gasteiger partial charge in [0.2, 0.25) is 0 Å². The summed E-state index contributed by atoms with van der Waals surface area (Å²) in [5, 5.41) is 17.0. The molecule has 4 nitrogen and oxygen atoms in total. The SMILES string of the molecule is C=C(CN(C)C(C)O)OO. The first kappa shape index (κ1) is 9.42. The fourth-order valence-electron chi connectivity index (χ4n) is 0.439. The molecule has 1 unspecified atom stereocenters. The maximum absolute atomic E-state index is 8.91. The van der Waals surface area contributed by atoms with E-state index in [-0.39, 0.29) is 5.76 Å². The number of rotatable bonds is 4. The van der Waals surface area contributed by atoms with E-state index in [9.17, 15) is 0 Å². The molecule has 0 aromatic heterocycles. The lowest BCUT2D eigenvalue weighted by molar-refractivity contribution is -0.207. The second kappa shape index (κ2) is 4.27. The molecular weight excluding hydrogens is 134 g/mol. The van der Waals surface area contributed by atoms with Gasteiger partial charge in [0.05, 0.1) is 6.54 Å². The molecule has 2 N–H and O–H groups in total. The molecule has 0 heterocycles. The molecule has 0 aliphatic rings. The molecule has 0 aliphatic carbocycles. The van der Waals surface area contributed by atoms with Crippen molar-refractivity contribution in [3.05, 3.63) is 12.3 Å². The molecule has 60 valence electrons. The van der Waals surface area contributed by atoms with Crippen LogP contribution in [0.3, 0.4) is 0 Å². The van der Waals surface area contributed by atoms with E-state index < -0.39 is 6.23 Å². The highest BCUT2D eigenvalue weighted by Crippen LogP contribution is 1.96. The summed E-state index contributed by atoms with van der Waals surface area (Å²) < 4.78 is 0. The fourth-order valence-corrected chi connectivity index (χ4v) is 0.439. The Kier molecular flexibility index (Phi) is 4.02.